The molecule has 0 unspecified atom stereocenters. The van der Waals surface area contributed by atoms with Crippen molar-refractivity contribution in [2.24, 2.45) is 4.99 Å². The summed E-state index contributed by atoms with van der Waals surface area (Å²) in [4.78, 5) is 21.7. The Kier molecular flexibility index (Phi) is 7.45. The second-order valence-corrected chi connectivity index (χ2v) is 9.77. The van der Waals surface area contributed by atoms with Crippen LogP contribution in [0.2, 0.25) is 0 Å². The molecule has 1 aliphatic rings. The molecule has 2 aromatic carbocycles. The number of aromatic nitrogens is 3. The first kappa shape index (κ1) is 27.8. The lowest BCUT2D eigenvalue weighted by Crippen LogP contribution is -2.32. The smallest absolute Gasteiger partial charge is 0.402 e. The number of ether oxygens (including phenoxy) is 1. The summed E-state index contributed by atoms with van der Waals surface area (Å²) in [7, 11) is 1.50. The Labute approximate surface area is 233 Å². The molecule has 0 spiro atoms. The minimum Gasteiger partial charge on any atom is -0.402 e. The molecule has 13 heteroatoms. The van der Waals surface area contributed by atoms with Gasteiger partial charge in [-0.3, -0.25) is 4.79 Å². The van der Waals surface area contributed by atoms with Gasteiger partial charge in [0.05, 0.1) is 28.3 Å². The summed E-state index contributed by atoms with van der Waals surface area (Å²) in [6, 6.07) is 17.4. The zero-order valence-corrected chi connectivity index (χ0v) is 22.3. The van der Waals surface area contributed by atoms with E-state index in [1.165, 1.54) is 7.11 Å². The molecule has 10 nitrogen and oxygen atoms in total. The lowest BCUT2D eigenvalue weighted by Gasteiger charge is -2.24. The molecule has 5 rings (SSSR count). The molecule has 1 aliphatic heterocycles. The summed E-state index contributed by atoms with van der Waals surface area (Å²) in [5, 5.41) is 16.5. The molecule has 1 atom stereocenters. The third kappa shape index (κ3) is 6.19. The van der Waals surface area contributed by atoms with Crippen LogP contribution in [0.4, 0.5) is 30.6 Å². The number of hydrogen-bond acceptors (Lipinski definition) is 9. The third-order valence-electron chi connectivity index (χ3n) is 6.35. The van der Waals surface area contributed by atoms with Crippen molar-refractivity contribution in [1.82, 2.24) is 15.2 Å². The lowest BCUT2D eigenvalue weighted by atomic mass is 10.0. The molecule has 3 N–H and O–H groups in total. The minimum atomic E-state index is -4.61. The van der Waals surface area contributed by atoms with Crippen LogP contribution < -0.4 is 16.0 Å². The van der Waals surface area contributed by atoms with Gasteiger partial charge in [-0.2, -0.15) is 13.2 Å². The zero-order chi connectivity index (χ0) is 29.2. The van der Waals surface area contributed by atoms with Crippen molar-refractivity contribution in [3.8, 4) is 11.6 Å². The van der Waals surface area contributed by atoms with E-state index in [4.69, 9.17) is 9.15 Å². The van der Waals surface area contributed by atoms with Crippen molar-refractivity contribution < 1.29 is 27.1 Å². The van der Waals surface area contributed by atoms with E-state index in [9.17, 15) is 18.0 Å². The fraction of sp³-hybridized carbons (Fsp3) is 0.250. The highest BCUT2D eigenvalue weighted by molar-refractivity contribution is 6.19. The molecule has 0 saturated carbocycles. The quantitative estimate of drug-likeness (QED) is 0.266. The maximum Gasteiger partial charge on any atom is 0.417 e. The number of amides is 1. The number of carbonyl (C=O) groups excluding carboxylic acids is 1. The highest BCUT2D eigenvalue weighted by Crippen LogP contribution is 2.35. The molecule has 4 aromatic rings. The number of methoxy groups -OCH3 is 1. The lowest BCUT2D eigenvalue weighted by molar-refractivity contribution is -0.137. The minimum absolute atomic E-state index is 0.00310. The molecule has 0 saturated heterocycles. The summed E-state index contributed by atoms with van der Waals surface area (Å²) in [6.45, 7) is 3.71. The van der Waals surface area contributed by atoms with E-state index in [0.717, 1.165) is 17.2 Å². The maximum atomic E-state index is 13.4. The van der Waals surface area contributed by atoms with Crippen molar-refractivity contribution >= 4 is 29.0 Å². The number of rotatable bonds is 8. The number of carbonyl (C=O) groups is 1. The number of pyridine rings is 1. The number of nitrogens with one attached hydrogen (secondary N) is 3. The Balaban J connectivity index is 1.47. The number of anilines is 3. The molecule has 41 heavy (non-hydrogen) atoms. The second-order valence-electron chi connectivity index (χ2n) is 9.77. The molecular weight excluding hydrogens is 539 g/mol. The summed E-state index contributed by atoms with van der Waals surface area (Å²) in [5.41, 5.74) is 1.04. The number of para-hydroxylation sites is 1. The molecule has 212 valence electrons. The van der Waals surface area contributed by atoms with Gasteiger partial charge in [0.25, 0.3) is 11.8 Å². The largest absolute Gasteiger partial charge is 0.417 e. The number of benzodiazepines with no additional fused rings is 1. The summed E-state index contributed by atoms with van der Waals surface area (Å²) in [6.07, 6.45) is -5.09. The van der Waals surface area contributed by atoms with Gasteiger partial charge in [-0.25, -0.2) is 9.98 Å². The fourth-order valence-electron chi connectivity index (χ4n) is 3.98. The van der Waals surface area contributed by atoms with Crippen molar-refractivity contribution in [1.29, 1.82) is 0 Å². The van der Waals surface area contributed by atoms with E-state index < -0.39 is 29.4 Å². The highest BCUT2D eigenvalue weighted by atomic mass is 19.4. The molecule has 0 fully saturated rings. The standard InChI is InChI=1S/C28H26F3N7O3/c1-27(2,40-3)15-33-20-13-17(28(29,30)31)14-32-22(20)25-37-38-26(41-25)36-23-24(39)34-19-12-8-7-11-18(19)21(35-23)16-9-5-4-6-10-16/h4-14,23,33H,15H2,1-3H3,(H,34,39)(H,36,38)/t23-/m1/s1. The van der Waals surface area contributed by atoms with Gasteiger partial charge in [-0.05, 0) is 26.0 Å². The molecule has 1 amide bonds. The van der Waals surface area contributed by atoms with Gasteiger partial charge in [0.1, 0.15) is 0 Å². The first-order valence-electron chi connectivity index (χ1n) is 12.5. The van der Waals surface area contributed by atoms with Gasteiger partial charge in [-0.15, -0.1) is 5.10 Å². The number of benzene rings is 2. The van der Waals surface area contributed by atoms with Crippen molar-refractivity contribution in [2.45, 2.75) is 31.8 Å². The van der Waals surface area contributed by atoms with Crippen molar-refractivity contribution in [3.05, 3.63) is 83.6 Å². The number of halogens is 3. The van der Waals surface area contributed by atoms with Crippen LogP contribution in [0.5, 0.6) is 0 Å². The van der Waals surface area contributed by atoms with Crippen LogP contribution in [0.1, 0.15) is 30.5 Å². The number of alkyl halides is 3. The Morgan fingerprint density at radius 2 is 1.78 bits per heavy atom. The van der Waals surface area contributed by atoms with Crippen molar-refractivity contribution in [3.63, 3.8) is 0 Å². The monoisotopic (exact) mass is 565 g/mol. The van der Waals surface area contributed by atoms with Crippen LogP contribution in [0.15, 0.2) is 76.3 Å². The number of nitrogens with zero attached hydrogens (tertiary/aromatic N) is 4. The number of hydrogen-bond donors (Lipinski definition) is 3. The predicted octanol–water partition coefficient (Wildman–Crippen LogP) is 5.22. The average Bonchev–Trinajstić information content (AvgIpc) is 3.37. The van der Waals surface area contributed by atoms with Crippen LogP contribution in [-0.2, 0) is 15.7 Å². The topological polar surface area (TPSA) is 127 Å². The zero-order valence-electron chi connectivity index (χ0n) is 22.3. The number of fused-ring (bicyclic) bond motifs is 1. The van der Waals surface area contributed by atoms with Crippen LogP contribution in [0.25, 0.3) is 11.6 Å². The van der Waals surface area contributed by atoms with Gasteiger partial charge >= 0.3 is 12.2 Å². The second kappa shape index (κ2) is 11.0. The van der Waals surface area contributed by atoms with Crippen LogP contribution in [0, 0.1) is 0 Å². The van der Waals surface area contributed by atoms with Gasteiger partial charge in [-0.1, -0.05) is 53.6 Å². The maximum absolute atomic E-state index is 13.4. The van der Waals surface area contributed by atoms with Gasteiger partial charge in [0.2, 0.25) is 6.17 Å². The van der Waals surface area contributed by atoms with Crippen LogP contribution in [-0.4, -0.2) is 52.2 Å². The molecular formula is C28H26F3N7O3. The van der Waals surface area contributed by atoms with E-state index in [2.05, 4.69) is 36.1 Å². The molecule has 2 aromatic heterocycles. The Bertz CT molecular complexity index is 1590. The summed E-state index contributed by atoms with van der Waals surface area (Å²) >= 11 is 0. The highest BCUT2D eigenvalue weighted by Gasteiger charge is 2.33. The SMILES string of the molecule is COC(C)(C)CNc1cc(C(F)(F)F)cnc1-c1nnc(N[C@H]2N=C(c3ccccc3)c3ccccc3NC2=O)o1. The first-order valence-corrected chi connectivity index (χ1v) is 12.5. The normalized spacial score (nSPS) is 15.4. The van der Waals surface area contributed by atoms with E-state index in [0.29, 0.717) is 17.6 Å². The predicted molar refractivity (Wildman–Crippen MR) is 147 cm³/mol. The van der Waals surface area contributed by atoms with Gasteiger partial charge < -0.3 is 25.1 Å². The Morgan fingerprint density at radius 3 is 2.51 bits per heavy atom. The van der Waals surface area contributed by atoms with E-state index in [1.54, 1.807) is 26.0 Å². The summed E-state index contributed by atoms with van der Waals surface area (Å²) in [5.74, 6) is -0.636. The third-order valence-corrected chi connectivity index (χ3v) is 6.35. The van der Waals surface area contributed by atoms with E-state index >= 15 is 0 Å². The van der Waals surface area contributed by atoms with E-state index in [-0.39, 0.29) is 29.8 Å². The fourth-order valence-corrected chi connectivity index (χ4v) is 3.98. The van der Waals surface area contributed by atoms with Crippen molar-refractivity contribution in [2.75, 3.05) is 29.6 Å². The van der Waals surface area contributed by atoms with Gasteiger partial charge in [0, 0.05) is 31.0 Å². The average molecular weight is 566 g/mol. The van der Waals surface area contributed by atoms with Crippen LogP contribution >= 0.6 is 0 Å². The molecule has 0 radical (unpaired) electrons. The number of aliphatic imine (C=N–C) groups is 1. The van der Waals surface area contributed by atoms with Crippen LogP contribution in [0.3, 0.4) is 0 Å². The Hall–Kier alpha value is -4.78. The van der Waals surface area contributed by atoms with Gasteiger partial charge in [0.15, 0.2) is 5.69 Å². The molecule has 0 aliphatic carbocycles. The van der Waals surface area contributed by atoms with E-state index in [1.807, 2.05) is 42.5 Å². The first-order chi connectivity index (χ1) is 19.5. The molecule has 3 heterocycles. The Morgan fingerprint density at radius 1 is 1.05 bits per heavy atom. The molecule has 0 bridgehead atoms. The summed E-state index contributed by atoms with van der Waals surface area (Å²) < 4.78 is 51.3.